The number of allylic oxidation sites excluding steroid dienone is 2. The lowest BCUT2D eigenvalue weighted by Gasteiger charge is -2.04. The zero-order chi connectivity index (χ0) is 13.5. The fraction of sp³-hybridized carbons (Fsp3) is 0.214. The van der Waals surface area contributed by atoms with Crippen LogP contribution in [0.5, 0.6) is 0 Å². The fourth-order valence-corrected chi connectivity index (χ4v) is 1.73. The van der Waals surface area contributed by atoms with E-state index in [2.05, 4.69) is 0 Å². The van der Waals surface area contributed by atoms with Gasteiger partial charge in [0.1, 0.15) is 0 Å². The van der Waals surface area contributed by atoms with Crippen LogP contribution in [0.1, 0.15) is 17.5 Å². The first-order valence-electron chi connectivity index (χ1n) is 5.59. The molecule has 0 unspecified atom stereocenters. The molecule has 0 bridgehead atoms. The summed E-state index contributed by atoms with van der Waals surface area (Å²) in [5.74, 6) is -0.970. The molecular formula is C14H16ClNO2. The van der Waals surface area contributed by atoms with Crippen molar-refractivity contribution in [3.63, 3.8) is 0 Å². The zero-order valence-electron chi connectivity index (χ0n) is 10.2. The highest BCUT2D eigenvalue weighted by Gasteiger charge is 2.08. The summed E-state index contributed by atoms with van der Waals surface area (Å²) in [6.45, 7) is 2.01. The number of rotatable bonds is 5. The van der Waals surface area contributed by atoms with Crippen molar-refractivity contribution in [2.45, 2.75) is 19.8 Å². The Balaban J connectivity index is 2.75. The topological polar surface area (TPSA) is 63.3 Å². The Bertz CT molecular complexity index is 492. The molecule has 0 saturated carbocycles. The van der Waals surface area contributed by atoms with Crippen LogP contribution in [0.4, 0.5) is 0 Å². The number of aliphatic carboxylic acids is 1. The van der Waals surface area contributed by atoms with Gasteiger partial charge in [0.15, 0.2) is 0 Å². The third kappa shape index (κ3) is 4.63. The first kappa shape index (κ1) is 14.3. The van der Waals surface area contributed by atoms with Crippen LogP contribution >= 0.6 is 11.6 Å². The summed E-state index contributed by atoms with van der Waals surface area (Å²) >= 11 is 5.71. The van der Waals surface area contributed by atoms with Crippen LogP contribution in [0, 0.1) is 6.92 Å². The molecule has 0 aliphatic carbocycles. The van der Waals surface area contributed by atoms with Crippen LogP contribution in [0.25, 0.3) is 0 Å². The molecule has 18 heavy (non-hydrogen) atoms. The molecular weight excluding hydrogens is 250 g/mol. The number of hydrogen-bond acceptors (Lipinski definition) is 2. The van der Waals surface area contributed by atoms with E-state index < -0.39 is 5.97 Å². The lowest BCUT2D eigenvalue weighted by molar-refractivity contribution is -0.132. The van der Waals surface area contributed by atoms with Crippen molar-refractivity contribution in [2.24, 2.45) is 5.73 Å². The van der Waals surface area contributed by atoms with Gasteiger partial charge in [-0.3, -0.25) is 0 Å². The van der Waals surface area contributed by atoms with E-state index in [1.165, 1.54) is 12.3 Å². The summed E-state index contributed by atoms with van der Waals surface area (Å²) in [5, 5.41) is 9.29. The molecule has 0 atom stereocenters. The van der Waals surface area contributed by atoms with E-state index in [9.17, 15) is 4.79 Å². The van der Waals surface area contributed by atoms with E-state index in [1.807, 2.05) is 31.2 Å². The van der Waals surface area contributed by atoms with Gasteiger partial charge in [-0.15, -0.1) is 0 Å². The van der Waals surface area contributed by atoms with Gasteiger partial charge < -0.3 is 10.8 Å². The number of carboxylic acid groups (broad SMARTS) is 1. The summed E-state index contributed by atoms with van der Waals surface area (Å²) in [7, 11) is 0. The van der Waals surface area contributed by atoms with E-state index in [4.69, 9.17) is 22.4 Å². The van der Waals surface area contributed by atoms with Crippen LogP contribution in [0.15, 0.2) is 47.1 Å². The van der Waals surface area contributed by atoms with Crippen molar-refractivity contribution < 1.29 is 9.90 Å². The quantitative estimate of drug-likeness (QED) is 0.635. The van der Waals surface area contributed by atoms with E-state index in [0.717, 1.165) is 11.1 Å². The van der Waals surface area contributed by atoms with Crippen LogP contribution in [0.2, 0.25) is 0 Å². The molecule has 1 rings (SSSR count). The van der Waals surface area contributed by atoms with E-state index in [-0.39, 0.29) is 10.6 Å². The average Bonchev–Trinajstić information content (AvgIpc) is 2.33. The molecule has 0 radical (unpaired) electrons. The first-order chi connectivity index (χ1) is 8.52. The third-order valence-electron chi connectivity index (χ3n) is 2.51. The van der Waals surface area contributed by atoms with Gasteiger partial charge in [-0.2, -0.15) is 0 Å². The van der Waals surface area contributed by atoms with Crippen LogP contribution in [-0.2, 0) is 11.2 Å². The Morgan fingerprint density at radius 1 is 1.50 bits per heavy atom. The highest BCUT2D eigenvalue weighted by molar-refractivity contribution is 6.31. The number of carbonyl (C=O) groups is 1. The van der Waals surface area contributed by atoms with Crippen LogP contribution < -0.4 is 5.73 Å². The monoisotopic (exact) mass is 265 g/mol. The maximum absolute atomic E-state index is 11.0. The van der Waals surface area contributed by atoms with E-state index >= 15 is 0 Å². The van der Waals surface area contributed by atoms with Crippen molar-refractivity contribution in [2.75, 3.05) is 0 Å². The molecule has 1 aromatic carbocycles. The van der Waals surface area contributed by atoms with Gasteiger partial charge >= 0.3 is 5.97 Å². The maximum Gasteiger partial charge on any atom is 0.331 e. The largest absolute Gasteiger partial charge is 0.478 e. The zero-order valence-corrected chi connectivity index (χ0v) is 10.9. The summed E-state index contributed by atoms with van der Waals surface area (Å²) in [4.78, 5) is 11.0. The predicted molar refractivity (Wildman–Crippen MR) is 73.3 cm³/mol. The highest BCUT2D eigenvalue weighted by atomic mass is 35.5. The average molecular weight is 266 g/mol. The number of aryl methyl sites for hydroxylation is 2. The molecule has 4 heteroatoms. The Hall–Kier alpha value is -1.74. The molecule has 0 spiro atoms. The van der Waals surface area contributed by atoms with Gasteiger partial charge in [-0.1, -0.05) is 41.4 Å². The molecule has 1 aromatic rings. The standard InChI is InChI=1S/C14H16ClNO2/c1-10-3-2-4-11(7-10)5-6-12(14(17)18)8-13(15)9-16/h2-4,7-9H,5-6,16H2,1H3,(H,17,18)/b12-8+,13-9+. The number of nitrogens with two attached hydrogens (primary N) is 1. The summed E-state index contributed by atoms with van der Waals surface area (Å²) in [6, 6.07) is 7.99. The second-order valence-electron chi connectivity index (χ2n) is 4.02. The van der Waals surface area contributed by atoms with Crippen molar-refractivity contribution in [1.29, 1.82) is 0 Å². The number of carboxylic acids is 1. The number of halogens is 1. The second-order valence-corrected chi connectivity index (χ2v) is 4.45. The lowest BCUT2D eigenvalue weighted by atomic mass is 10.0. The number of hydrogen-bond donors (Lipinski definition) is 2. The lowest BCUT2D eigenvalue weighted by Crippen LogP contribution is -2.02. The molecule has 0 aliphatic heterocycles. The molecule has 0 heterocycles. The van der Waals surface area contributed by atoms with E-state index in [0.29, 0.717) is 12.8 Å². The van der Waals surface area contributed by atoms with Crippen molar-refractivity contribution in [3.05, 3.63) is 58.3 Å². The predicted octanol–water partition coefficient (Wildman–Crippen LogP) is 2.98. The normalized spacial score (nSPS) is 12.6. The highest BCUT2D eigenvalue weighted by Crippen LogP contribution is 2.14. The minimum Gasteiger partial charge on any atom is -0.478 e. The molecule has 0 fully saturated rings. The minimum absolute atomic E-state index is 0.233. The van der Waals surface area contributed by atoms with Crippen molar-refractivity contribution >= 4 is 17.6 Å². The molecule has 3 N–H and O–H groups in total. The van der Waals surface area contributed by atoms with Gasteiger partial charge in [-0.25, -0.2) is 4.79 Å². The summed E-state index contributed by atoms with van der Waals surface area (Å²) in [5.41, 5.74) is 7.74. The van der Waals surface area contributed by atoms with Gasteiger partial charge in [0.05, 0.1) is 5.03 Å². The third-order valence-corrected chi connectivity index (χ3v) is 2.75. The first-order valence-corrected chi connectivity index (χ1v) is 5.97. The SMILES string of the molecule is Cc1cccc(CC/C(=C\C(Cl)=C/N)C(=O)O)c1. The van der Waals surface area contributed by atoms with Gasteiger partial charge in [0, 0.05) is 11.8 Å². The van der Waals surface area contributed by atoms with Crippen LogP contribution in [-0.4, -0.2) is 11.1 Å². The summed E-state index contributed by atoms with van der Waals surface area (Å²) in [6.07, 6.45) is 3.65. The molecule has 3 nitrogen and oxygen atoms in total. The van der Waals surface area contributed by atoms with Crippen molar-refractivity contribution in [1.82, 2.24) is 0 Å². The second kappa shape index (κ2) is 6.87. The molecule has 0 saturated heterocycles. The molecule has 0 amide bonds. The summed E-state index contributed by atoms with van der Waals surface area (Å²) < 4.78 is 0. The Kier molecular flexibility index (Phi) is 5.46. The number of benzene rings is 1. The van der Waals surface area contributed by atoms with Gasteiger partial charge in [0.25, 0.3) is 0 Å². The van der Waals surface area contributed by atoms with Gasteiger partial charge in [-0.05, 0) is 31.4 Å². The Labute approximate surface area is 112 Å². The maximum atomic E-state index is 11.0. The molecule has 0 aromatic heterocycles. The molecule has 0 aliphatic rings. The van der Waals surface area contributed by atoms with Crippen molar-refractivity contribution in [3.8, 4) is 0 Å². The fourth-order valence-electron chi connectivity index (χ4n) is 1.60. The van der Waals surface area contributed by atoms with Crippen LogP contribution in [0.3, 0.4) is 0 Å². The Morgan fingerprint density at radius 3 is 2.78 bits per heavy atom. The van der Waals surface area contributed by atoms with E-state index in [1.54, 1.807) is 0 Å². The smallest absolute Gasteiger partial charge is 0.331 e. The Morgan fingerprint density at radius 2 is 2.22 bits per heavy atom. The molecule has 96 valence electrons. The van der Waals surface area contributed by atoms with Gasteiger partial charge in [0.2, 0.25) is 0 Å². The minimum atomic E-state index is -0.970.